The quantitative estimate of drug-likeness (QED) is 0.355. The lowest BCUT2D eigenvalue weighted by Crippen LogP contribution is -2.52. The van der Waals surface area contributed by atoms with Crippen molar-refractivity contribution in [2.24, 2.45) is 5.92 Å². The highest BCUT2D eigenvalue weighted by atomic mass is 19.1. The number of amides is 3. The first kappa shape index (κ1) is 30.1. The average molecular weight is 611 g/mol. The molecule has 3 aromatic rings. The van der Waals surface area contributed by atoms with Crippen molar-refractivity contribution in [2.75, 3.05) is 25.1 Å². The van der Waals surface area contributed by atoms with Gasteiger partial charge in [0, 0.05) is 48.0 Å². The summed E-state index contributed by atoms with van der Waals surface area (Å²) in [5.74, 6) is 0.200. The zero-order valence-corrected chi connectivity index (χ0v) is 25.3. The third-order valence-electron chi connectivity index (χ3n) is 9.44. The van der Waals surface area contributed by atoms with Gasteiger partial charge >= 0.3 is 0 Å². The molecule has 2 fully saturated rings. The lowest BCUT2D eigenvalue weighted by molar-refractivity contribution is -0.136. The van der Waals surface area contributed by atoms with E-state index in [1.54, 1.807) is 43.5 Å². The predicted molar refractivity (Wildman–Crippen MR) is 164 cm³/mol. The lowest BCUT2D eigenvalue weighted by atomic mass is 9.81. The van der Waals surface area contributed by atoms with Crippen LogP contribution in [0.4, 0.5) is 10.1 Å². The standard InChI is InChI=1S/C35H35FN4O5/c1-21(22-12-14-39(15-13-22)26-9-8-24(18-37)32(17-26)44-2)23-6-7-25(29(36)16-23)20-45-31-5-3-4-27-28(31)19-40(35(27)43)30-10-11-33(41)38-34(30)42/h3-9,16-17,21-22,30H,10-15,19-20H2,1-2H3,(H,38,41,42)/t21?,30-/m0/s1. The van der Waals surface area contributed by atoms with Crippen LogP contribution in [-0.4, -0.2) is 48.9 Å². The van der Waals surface area contributed by atoms with Crippen molar-refractivity contribution in [1.29, 1.82) is 5.26 Å². The maximum absolute atomic E-state index is 15.4. The number of fused-ring (bicyclic) bond motifs is 1. The minimum atomic E-state index is -0.714. The molecule has 2 saturated heterocycles. The largest absolute Gasteiger partial charge is 0.495 e. The van der Waals surface area contributed by atoms with Crippen molar-refractivity contribution in [3.05, 3.63) is 88.2 Å². The number of imide groups is 1. The smallest absolute Gasteiger partial charge is 0.255 e. The fraction of sp³-hybridized carbons (Fsp3) is 0.371. The molecule has 3 aliphatic rings. The second-order valence-corrected chi connectivity index (χ2v) is 11.9. The number of carbonyl (C=O) groups is 3. The zero-order chi connectivity index (χ0) is 31.7. The van der Waals surface area contributed by atoms with Gasteiger partial charge in [0.1, 0.15) is 36.0 Å². The van der Waals surface area contributed by atoms with Gasteiger partial charge in [0.05, 0.1) is 19.2 Å². The van der Waals surface area contributed by atoms with Gasteiger partial charge in [0.15, 0.2) is 0 Å². The molecule has 3 aromatic carbocycles. The van der Waals surface area contributed by atoms with Crippen LogP contribution in [0.25, 0.3) is 0 Å². The highest BCUT2D eigenvalue weighted by Crippen LogP contribution is 2.37. The molecule has 1 unspecified atom stereocenters. The van der Waals surface area contributed by atoms with Gasteiger partial charge < -0.3 is 19.3 Å². The number of rotatable bonds is 8. The van der Waals surface area contributed by atoms with Crippen molar-refractivity contribution in [2.45, 2.75) is 57.7 Å². The number of ether oxygens (including phenoxy) is 2. The number of methoxy groups -OCH3 is 1. The first-order valence-electron chi connectivity index (χ1n) is 15.3. The van der Waals surface area contributed by atoms with Gasteiger partial charge in [0.2, 0.25) is 11.8 Å². The fourth-order valence-corrected chi connectivity index (χ4v) is 6.71. The highest BCUT2D eigenvalue weighted by Gasteiger charge is 2.40. The number of anilines is 1. The minimum absolute atomic E-state index is 0.00397. The summed E-state index contributed by atoms with van der Waals surface area (Å²) in [5.41, 5.74) is 4.01. The lowest BCUT2D eigenvalue weighted by Gasteiger charge is -2.36. The molecule has 0 saturated carbocycles. The van der Waals surface area contributed by atoms with Crippen LogP contribution in [0.2, 0.25) is 0 Å². The van der Waals surface area contributed by atoms with Crippen LogP contribution < -0.4 is 19.7 Å². The van der Waals surface area contributed by atoms with Gasteiger partial charge in [0.25, 0.3) is 5.91 Å². The molecule has 0 aromatic heterocycles. The molecule has 3 amide bonds. The van der Waals surface area contributed by atoms with E-state index in [2.05, 4.69) is 23.2 Å². The molecule has 0 radical (unpaired) electrons. The molecule has 0 spiro atoms. The Morgan fingerprint density at radius 2 is 1.84 bits per heavy atom. The first-order valence-corrected chi connectivity index (χ1v) is 15.3. The molecule has 232 valence electrons. The van der Waals surface area contributed by atoms with Crippen molar-refractivity contribution < 1.29 is 28.2 Å². The summed E-state index contributed by atoms with van der Waals surface area (Å²) in [5, 5.41) is 11.6. The van der Waals surface area contributed by atoms with Crippen LogP contribution >= 0.6 is 0 Å². The average Bonchev–Trinajstić information content (AvgIpc) is 3.39. The number of nitrogens with one attached hydrogen (secondary N) is 1. The van der Waals surface area contributed by atoms with Gasteiger partial charge in [-0.25, -0.2) is 4.39 Å². The molecule has 3 heterocycles. The molecule has 0 bridgehead atoms. The van der Waals surface area contributed by atoms with E-state index in [1.807, 2.05) is 18.2 Å². The van der Waals surface area contributed by atoms with E-state index in [4.69, 9.17) is 9.47 Å². The van der Waals surface area contributed by atoms with E-state index in [0.29, 0.717) is 39.7 Å². The van der Waals surface area contributed by atoms with Gasteiger partial charge in [-0.05, 0) is 67.0 Å². The Morgan fingerprint density at radius 3 is 2.56 bits per heavy atom. The number of benzene rings is 3. The van der Waals surface area contributed by atoms with E-state index < -0.39 is 11.9 Å². The van der Waals surface area contributed by atoms with Crippen molar-refractivity contribution in [1.82, 2.24) is 10.2 Å². The predicted octanol–water partition coefficient (Wildman–Crippen LogP) is 5.07. The number of hydrogen-bond acceptors (Lipinski definition) is 7. The summed E-state index contributed by atoms with van der Waals surface area (Å²) in [7, 11) is 1.57. The molecule has 10 heteroatoms. The van der Waals surface area contributed by atoms with Gasteiger partial charge in [-0.3, -0.25) is 19.7 Å². The Kier molecular flexibility index (Phi) is 8.44. The molecule has 6 rings (SSSR count). The van der Waals surface area contributed by atoms with E-state index in [0.717, 1.165) is 37.2 Å². The topological polar surface area (TPSA) is 112 Å². The Morgan fingerprint density at radius 1 is 1.04 bits per heavy atom. The summed E-state index contributed by atoms with van der Waals surface area (Å²) in [6, 6.07) is 17.6. The van der Waals surface area contributed by atoms with Gasteiger partial charge in [-0.1, -0.05) is 25.1 Å². The summed E-state index contributed by atoms with van der Waals surface area (Å²) < 4.78 is 26.8. The zero-order valence-electron chi connectivity index (χ0n) is 25.3. The number of hydrogen-bond donors (Lipinski definition) is 1. The first-order chi connectivity index (χ1) is 21.8. The van der Waals surface area contributed by atoms with Crippen molar-refractivity contribution in [3.8, 4) is 17.6 Å². The monoisotopic (exact) mass is 610 g/mol. The third-order valence-corrected chi connectivity index (χ3v) is 9.44. The van der Waals surface area contributed by atoms with Crippen LogP contribution in [0, 0.1) is 23.1 Å². The number of carbonyl (C=O) groups excluding carboxylic acids is 3. The molecular weight excluding hydrogens is 575 g/mol. The maximum atomic E-state index is 15.4. The SMILES string of the molecule is COc1cc(N2CCC(C(C)c3ccc(COc4cccc5c4CN([C@H]4CCC(=O)NC4=O)C5=O)c(F)c3)CC2)ccc1C#N. The van der Waals surface area contributed by atoms with Crippen LogP contribution in [0.15, 0.2) is 54.6 Å². The Balaban J connectivity index is 1.07. The van der Waals surface area contributed by atoms with E-state index in [1.165, 1.54) is 4.90 Å². The fourth-order valence-electron chi connectivity index (χ4n) is 6.71. The van der Waals surface area contributed by atoms with Crippen LogP contribution in [0.5, 0.6) is 11.5 Å². The molecule has 0 aliphatic carbocycles. The summed E-state index contributed by atoms with van der Waals surface area (Å²) in [6.07, 6.45) is 2.39. The summed E-state index contributed by atoms with van der Waals surface area (Å²) in [6.45, 7) is 4.06. The van der Waals surface area contributed by atoms with Crippen molar-refractivity contribution in [3.63, 3.8) is 0 Å². The van der Waals surface area contributed by atoms with Crippen LogP contribution in [0.3, 0.4) is 0 Å². The molecular formula is C35H35FN4O5. The molecule has 9 nitrogen and oxygen atoms in total. The second-order valence-electron chi connectivity index (χ2n) is 11.9. The third kappa shape index (κ3) is 5.95. The number of nitrogens with zero attached hydrogens (tertiary/aromatic N) is 3. The maximum Gasteiger partial charge on any atom is 0.255 e. The second kappa shape index (κ2) is 12.6. The van der Waals surface area contributed by atoms with E-state index >= 15 is 4.39 Å². The molecule has 1 N–H and O–H groups in total. The number of nitriles is 1. The van der Waals surface area contributed by atoms with E-state index in [-0.39, 0.29) is 49.5 Å². The Bertz CT molecular complexity index is 1690. The molecule has 45 heavy (non-hydrogen) atoms. The summed E-state index contributed by atoms with van der Waals surface area (Å²) in [4.78, 5) is 40.8. The molecule has 2 atom stereocenters. The highest BCUT2D eigenvalue weighted by molar-refractivity contribution is 6.05. The normalized spacial score (nSPS) is 19.2. The number of piperidine rings is 2. The van der Waals surface area contributed by atoms with Crippen molar-refractivity contribution >= 4 is 23.4 Å². The van der Waals surface area contributed by atoms with E-state index in [9.17, 15) is 19.6 Å². The minimum Gasteiger partial charge on any atom is -0.495 e. The van der Waals surface area contributed by atoms with Gasteiger partial charge in [-0.15, -0.1) is 0 Å². The Hall–Kier alpha value is -4.91. The summed E-state index contributed by atoms with van der Waals surface area (Å²) >= 11 is 0. The Labute approximate surface area is 261 Å². The van der Waals surface area contributed by atoms with Crippen LogP contribution in [0.1, 0.15) is 71.1 Å². The van der Waals surface area contributed by atoms with Gasteiger partial charge in [-0.2, -0.15) is 5.26 Å². The van der Waals surface area contributed by atoms with Crippen LogP contribution in [-0.2, 0) is 22.7 Å². The molecule has 3 aliphatic heterocycles. The number of halogens is 1.